The Labute approximate surface area is 278 Å². The minimum atomic E-state index is -0.793. The highest BCUT2D eigenvalue weighted by molar-refractivity contribution is 6.33. The molecule has 2 fully saturated rings. The number of ether oxygens (including phenoxy) is 2. The van der Waals surface area contributed by atoms with Crippen molar-refractivity contribution in [2.45, 2.75) is 52.0 Å². The highest BCUT2D eigenvalue weighted by Gasteiger charge is 2.26. The van der Waals surface area contributed by atoms with Crippen LogP contribution < -0.4 is 20.3 Å². The lowest BCUT2D eigenvalue weighted by Gasteiger charge is -2.35. The Morgan fingerprint density at radius 1 is 1.17 bits per heavy atom. The largest absolute Gasteiger partial charge is 0.484 e. The minimum absolute atomic E-state index is 0.0626. The van der Waals surface area contributed by atoms with Crippen LogP contribution in [0.3, 0.4) is 0 Å². The van der Waals surface area contributed by atoms with Gasteiger partial charge in [0.2, 0.25) is 11.9 Å². The summed E-state index contributed by atoms with van der Waals surface area (Å²) in [4.78, 5) is 44.7. The number of aliphatic hydroxyl groups excluding tert-OH is 1. The number of aromatic nitrogens is 3. The second-order valence-corrected chi connectivity index (χ2v) is 12.4. The second kappa shape index (κ2) is 14.8. The highest BCUT2D eigenvalue weighted by atomic mass is 35.5. The molecule has 2 amide bonds. The highest BCUT2D eigenvalue weighted by Crippen LogP contribution is 2.34. The third kappa shape index (κ3) is 7.95. The zero-order valence-electron chi connectivity index (χ0n) is 26.7. The van der Waals surface area contributed by atoms with Crippen LogP contribution in [0.4, 0.5) is 11.8 Å². The normalized spacial score (nSPS) is 17.5. The number of carbonyl (C=O) groups is 2. The molecule has 252 valence electrons. The number of rotatable bonds is 12. The molecule has 3 aliphatic heterocycles. The lowest BCUT2D eigenvalue weighted by atomic mass is 9.99. The number of oxazole rings is 1. The maximum atomic E-state index is 13.3. The lowest BCUT2D eigenvalue weighted by molar-refractivity contribution is -0.131. The Morgan fingerprint density at radius 3 is 2.68 bits per heavy atom. The first kappa shape index (κ1) is 32.9. The van der Waals surface area contributed by atoms with Crippen LogP contribution in [-0.4, -0.2) is 113 Å². The Bertz CT molecular complexity index is 1570. The zero-order valence-corrected chi connectivity index (χ0v) is 27.5. The molecule has 3 aliphatic rings. The molecule has 2 saturated heterocycles. The molecule has 0 unspecified atom stereocenters. The average molecular weight is 669 g/mol. The number of benzene rings is 1. The smallest absolute Gasteiger partial charge is 0.270 e. The number of hydrogen-bond donors (Lipinski definition) is 3. The summed E-state index contributed by atoms with van der Waals surface area (Å²) in [6, 6.07) is 5.59. The quantitative estimate of drug-likeness (QED) is 0.258. The second-order valence-electron chi connectivity index (χ2n) is 12.1. The van der Waals surface area contributed by atoms with E-state index in [2.05, 4.69) is 30.5 Å². The fourth-order valence-electron chi connectivity index (χ4n) is 5.86. The summed E-state index contributed by atoms with van der Waals surface area (Å²) in [5.41, 5.74) is 3.10. The predicted octanol–water partition coefficient (Wildman–Crippen LogP) is 2.02. The van der Waals surface area contributed by atoms with E-state index in [1.807, 2.05) is 35.8 Å². The molecule has 6 rings (SSSR count). The van der Waals surface area contributed by atoms with Crippen LogP contribution >= 0.6 is 11.6 Å². The maximum Gasteiger partial charge on any atom is 0.270 e. The summed E-state index contributed by atoms with van der Waals surface area (Å²) < 4.78 is 16.5. The number of carbonyl (C=O) groups excluding carboxylic acids is 2. The van der Waals surface area contributed by atoms with Crippen molar-refractivity contribution in [3.63, 3.8) is 0 Å². The van der Waals surface area contributed by atoms with E-state index in [1.165, 1.54) is 6.39 Å². The number of fused-ring (bicyclic) bond motifs is 1. The van der Waals surface area contributed by atoms with E-state index in [-0.39, 0.29) is 30.8 Å². The first-order valence-corrected chi connectivity index (χ1v) is 16.4. The fraction of sp³-hybridized carbons (Fsp3) is 0.531. The van der Waals surface area contributed by atoms with Crippen LogP contribution in [0.25, 0.3) is 0 Å². The Balaban J connectivity index is 1.03. The molecule has 1 atom stereocenters. The van der Waals surface area contributed by atoms with Crippen molar-refractivity contribution >= 4 is 35.2 Å². The van der Waals surface area contributed by atoms with Gasteiger partial charge in [-0.15, -0.1) is 0 Å². The van der Waals surface area contributed by atoms with Gasteiger partial charge >= 0.3 is 0 Å². The van der Waals surface area contributed by atoms with Crippen molar-refractivity contribution in [2.24, 2.45) is 0 Å². The van der Waals surface area contributed by atoms with E-state index in [1.54, 1.807) is 6.07 Å². The summed E-state index contributed by atoms with van der Waals surface area (Å²) in [7, 11) is 0. The van der Waals surface area contributed by atoms with E-state index >= 15 is 0 Å². The van der Waals surface area contributed by atoms with Crippen molar-refractivity contribution in [1.29, 1.82) is 0 Å². The van der Waals surface area contributed by atoms with Crippen molar-refractivity contribution in [3.05, 3.63) is 57.9 Å². The molecule has 5 heterocycles. The molecule has 3 aromatic rings. The summed E-state index contributed by atoms with van der Waals surface area (Å²) in [6.07, 6.45) is 1.78. The number of aryl methyl sites for hydroxylation is 1. The van der Waals surface area contributed by atoms with E-state index in [9.17, 15) is 14.7 Å². The molecule has 2 aromatic heterocycles. The van der Waals surface area contributed by atoms with Gasteiger partial charge in [0, 0.05) is 64.8 Å². The summed E-state index contributed by atoms with van der Waals surface area (Å²) >= 11 is 6.71. The summed E-state index contributed by atoms with van der Waals surface area (Å²) in [6.45, 7) is 9.15. The van der Waals surface area contributed by atoms with Gasteiger partial charge in [-0.05, 0) is 30.5 Å². The van der Waals surface area contributed by atoms with Crippen LogP contribution in [0.5, 0.6) is 5.75 Å². The van der Waals surface area contributed by atoms with Crippen molar-refractivity contribution in [3.8, 4) is 5.75 Å². The van der Waals surface area contributed by atoms with Gasteiger partial charge in [0.05, 0.1) is 36.1 Å². The molecule has 0 bridgehead atoms. The van der Waals surface area contributed by atoms with Crippen LogP contribution in [0.1, 0.15) is 46.4 Å². The minimum Gasteiger partial charge on any atom is -0.484 e. The number of hydrogen-bond acceptors (Lipinski definition) is 12. The van der Waals surface area contributed by atoms with Gasteiger partial charge in [-0.3, -0.25) is 14.5 Å². The van der Waals surface area contributed by atoms with Gasteiger partial charge in [-0.2, -0.15) is 4.98 Å². The first-order chi connectivity index (χ1) is 22.8. The molecule has 0 radical (unpaired) electrons. The maximum absolute atomic E-state index is 13.3. The molecule has 3 N–H and O–H groups in total. The number of anilines is 2. The molecule has 0 saturated carbocycles. The zero-order chi connectivity index (χ0) is 32.9. The monoisotopic (exact) mass is 668 g/mol. The molecule has 15 heteroatoms. The van der Waals surface area contributed by atoms with Crippen molar-refractivity contribution in [1.82, 2.24) is 30.1 Å². The number of piperazine rings is 1. The number of aliphatic hydroxyl groups is 1. The summed E-state index contributed by atoms with van der Waals surface area (Å²) in [5.74, 6) is 1.94. The predicted molar refractivity (Wildman–Crippen MR) is 174 cm³/mol. The number of amides is 2. The summed E-state index contributed by atoms with van der Waals surface area (Å²) in [5, 5.41) is 17.6. The first-order valence-electron chi connectivity index (χ1n) is 16.0. The van der Waals surface area contributed by atoms with Gasteiger partial charge in [-0.25, -0.2) is 9.97 Å². The molecule has 0 aliphatic carbocycles. The third-order valence-electron chi connectivity index (χ3n) is 8.70. The fourth-order valence-corrected chi connectivity index (χ4v) is 6.19. The van der Waals surface area contributed by atoms with Crippen LogP contribution in [0.2, 0.25) is 5.02 Å². The standard InChI is InChI=1S/C32H41ClN8O6/c1-3-29(43)40-8-10-41(11-9-40)32-37-25(12-28(38-32)36-22-16-45-17-22)31(44)34-13-23(42)15-39-7-6-24-21(14-39)4-5-26(30(24)33)46-18-27-20(2)35-19-47-27/h4-5,12,19,22-23,42H,3,6-11,13-18H2,1-2H3,(H,34,44)(H,36,37,38)/t23-/m0/s1. The number of β-amino-alcohol motifs (C(OH)–C–C–N with tert-alkyl or cyclic N) is 1. The van der Waals surface area contributed by atoms with Gasteiger partial charge in [-0.1, -0.05) is 24.6 Å². The number of nitrogens with one attached hydrogen (secondary N) is 2. The Morgan fingerprint density at radius 2 is 1.98 bits per heavy atom. The number of halogens is 1. The van der Waals surface area contributed by atoms with Crippen LogP contribution in [-0.2, 0) is 29.1 Å². The van der Waals surface area contributed by atoms with Gasteiger partial charge in [0.15, 0.2) is 12.2 Å². The van der Waals surface area contributed by atoms with Crippen molar-refractivity contribution < 1.29 is 28.6 Å². The van der Waals surface area contributed by atoms with Crippen LogP contribution in [0.15, 0.2) is 29.0 Å². The average Bonchev–Trinajstić information content (AvgIpc) is 3.48. The van der Waals surface area contributed by atoms with E-state index < -0.39 is 12.0 Å². The Kier molecular flexibility index (Phi) is 10.4. The van der Waals surface area contributed by atoms with Gasteiger partial charge in [0.25, 0.3) is 5.91 Å². The molecular formula is C32H41ClN8O6. The lowest BCUT2D eigenvalue weighted by Crippen LogP contribution is -2.49. The Hall–Kier alpha value is -3.98. The number of nitrogens with zero attached hydrogens (tertiary/aromatic N) is 6. The molecule has 14 nitrogen and oxygen atoms in total. The van der Waals surface area contributed by atoms with Crippen LogP contribution in [0, 0.1) is 6.92 Å². The topological polar surface area (TPSA) is 158 Å². The van der Waals surface area contributed by atoms with Gasteiger partial charge in [0.1, 0.15) is 23.9 Å². The molecule has 0 spiro atoms. The third-order valence-corrected chi connectivity index (χ3v) is 9.12. The van der Waals surface area contributed by atoms with Gasteiger partial charge < -0.3 is 39.4 Å². The van der Waals surface area contributed by atoms with E-state index in [0.717, 1.165) is 16.8 Å². The van der Waals surface area contributed by atoms with E-state index in [0.29, 0.717) is 100 Å². The molecule has 1 aromatic carbocycles. The SMILES string of the molecule is CCC(=O)N1CCN(c2nc(NC3COC3)cc(C(=O)NC[C@H](O)CN3CCc4c(ccc(OCc5ocnc5C)c4Cl)C3)n2)CC1. The molecule has 47 heavy (non-hydrogen) atoms. The molecular weight excluding hydrogens is 628 g/mol. The van der Waals surface area contributed by atoms with E-state index in [4.69, 9.17) is 25.5 Å². The van der Waals surface area contributed by atoms with Crippen molar-refractivity contribution in [2.75, 3.05) is 69.2 Å².